The van der Waals surface area contributed by atoms with Crippen molar-refractivity contribution in [2.75, 3.05) is 13.1 Å². The van der Waals surface area contributed by atoms with Gasteiger partial charge in [-0.2, -0.15) is 0 Å². The van der Waals surface area contributed by atoms with E-state index in [-0.39, 0.29) is 36.9 Å². The SMILES string of the molecule is O=C(C[C@H]1C(=O)NCCN1Cc1cccc(F)c1F)NCc1nc2ccccc2s1. The predicted molar refractivity (Wildman–Crippen MR) is 110 cm³/mol. The van der Waals surface area contributed by atoms with Crippen LogP contribution >= 0.6 is 11.3 Å². The Morgan fingerprint density at radius 2 is 2.07 bits per heavy atom. The molecule has 1 saturated heterocycles. The highest BCUT2D eigenvalue weighted by Crippen LogP contribution is 2.22. The summed E-state index contributed by atoms with van der Waals surface area (Å²) in [6.07, 6.45) is -0.0757. The molecule has 4 rings (SSSR count). The minimum absolute atomic E-state index is 0.0484. The quantitative estimate of drug-likeness (QED) is 0.631. The summed E-state index contributed by atoms with van der Waals surface area (Å²) in [5, 5.41) is 6.31. The largest absolute Gasteiger partial charge is 0.353 e. The number of nitrogens with one attached hydrogen (secondary N) is 2. The molecule has 0 bridgehead atoms. The number of benzene rings is 2. The van der Waals surface area contributed by atoms with Gasteiger partial charge in [0.15, 0.2) is 11.6 Å². The number of para-hydroxylation sites is 1. The molecule has 156 valence electrons. The van der Waals surface area contributed by atoms with Crippen molar-refractivity contribution in [1.29, 1.82) is 0 Å². The molecular formula is C21H20F2N4O2S. The summed E-state index contributed by atoms with van der Waals surface area (Å²) in [5.74, 6) is -2.46. The summed E-state index contributed by atoms with van der Waals surface area (Å²) in [6.45, 7) is 1.15. The summed E-state index contributed by atoms with van der Waals surface area (Å²) in [6, 6.07) is 10.9. The fourth-order valence-electron chi connectivity index (χ4n) is 3.48. The lowest BCUT2D eigenvalue weighted by Crippen LogP contribution is -2.56. The standard InChI is InChI=1S/C21H20F2N4O2S/c22-14-5-3-4-13(20(14)23)12-27-9-8-24-21(29)16(27)10-18(28)25-11-19-26-15-6-1-2-7-17(15)30-19/h1-7,16H,8-12H2,(H,24,29)(H,25,28)/t16-/m0/s1. The fraction of sp³-hybridized carbons (Fsp3) is 0.286. The van der Waals surface area contributed by atoms with E-state index >= 15 is 0 Å². The maximum Gasteiger partial charge on any atom is 0.237 e. The van der Waals surface area contributed by atoms with Gasteiger partial charge in [-0.15, -0.1) is 11.3 Å². The van der Waals surface area contributed by atoms with E-state index in [1.165, 1.54) is 23.5 Å². The summed E-state index contributed by atoms with van der Waals surface area (Å²) >= 11 is 1.50. The van der Waals surface area contributed by atoms with Gasteiger partial charge in [-0.25, -0.2) is 13.8 Å². The first-order chi connectivity index (χ1) is 14.5. The lowest BCUT2D eigenvalue weighted by atomic mass is 10.1. The molecule has 9 heteroatoms. The molecule has 1 aromatic heterocycles. The van der Waals surface area contributed by atoms with E-state index in [1.54, 1.807) is 4.90 Å². The first kappa shape index (κ1) is 20.4. The van der Waals surface area contributed by atoms with Gasteiger partial charge in [-0.05, 0) is 18.2 Å². The number of hydrogen-bond acceptors (Lipinski definition) is 5. The average Bonchev–Trinajstić information content (AvgIpc) is 3.15. The van der Waals surface area contributed by atoms with Crippen molar-refractivity contribution < 1.29 is 18.4 Å². The number of thiazole rings is 1. The third-order valence-electron chi connectivity index (χ3n) is 5.00. The monoisotopic (exact) mass is 430 g/mol. The highest BCUT2D eigenvalue weighted by molar-refractivity contribution is 7.18. The molecule has 1 aliphatic rings. The molecule has 6 nitrogen and oxygen atoms in total. The summed E-state index contributed by atoms with van der Waals surface area (Å²) in [4.78, 5) is 31.0. The number of halogens is 2. The smallest absolute Gasteiger partial charge is 0.237 e. The van der Waals surface area contributed by atoms with Crippen LogP contribution in [0.15, 0.2) is 42.5 Å². The first-order valence-electron chi connectivity index (χ1n) is 9.57. The third-order valence-corrected chi connectivity index (χ3v) is 6.04. The zero-order valence-corrected chi connectivity index (χ0v) is 16.8. The molecule has 0 radical (unpaired) electrons. The normalized spacial score (nSPS) is 17.1. The Balaban J connectivity index is 1.40. The number of fused-ring (bicyclic) bond motifs is 1. The lowest BCUT2D eigenvalue weighted by Gasteiger charge is -2.34. The second kappa shape index (κ2) is 8.85. The molecule has 0 spiro atoms. The molecule has 2 amide bonds. The highest BCUT2D eigenvalue weighted by atomic mass is 32.1. The number of nitrogens with zero attached hydrogens (tertiary/aromatic N) is 2. The van der Waals surface area contributed by atoms with Gasteiger partial charge in [0, 0.05) is 25.2 Å². The fourth-order valence-corrected chi connectivity index (χ4v) is 4.39. The van der Waals surface area contributed by atoms with E-state index in [4.69, 9.17) is 0 Å². The van der Waals surface area contributed by atoms with Gasteiger partial charge in [-0.1, -0.05) is 24.3 Å². The van der Waals surface area contributed by atoms with Gasteiger partial charge in [0.2, 0.25) is 11.8 Å². The van der Waals surface area contributed by atoms with E-state index in [0.29, 0.717) is 13.1 Å². The molecule has 1 atom stereocenters. The zero-order valence-electron chi connectivity index (χ0n) is 16.0. The number of amides is 2. The van der Waals surface area contributed by atoms with Crippen LogP contribution < -0.4 is 10.6 Å². The Morgan fingerprint density at radius 3 is 2.90 bits per heavy atom. The van der Waals surface area contributed by atoms with Crippen LogP contribution in [0.5, 0.6) is 0 Å². The number of carbonyl (C=O) groups is 2. The molecule has 0 aliphatic carbocycles. The maximum absolute atomic E-state index is 14.1. The van der Waals surface area contributed by atoms with Crippen molar-refractivity contribution in [2.24, 2.45) is 0 Å². The highest BCUT2D eigenvalue weighted by Gasteiger charge is 2.32. The van der Waals surface area contributed by atoms with Gasteiger partial charge in [-0.3, -0.25) is 14.5 Å². The Kier molecular flexibility index (Phi) is 6.01. The molecule has 0 unspecified atom stereocenters. The minimum Gasteiger partial charge on any atom is -0.353 e. The third kappa shape index (κ3) is 4.47. The Morgan fingerprint density at radius 1 is 1.23 bits per heavy atom. The molecule has 3 aromatic rings. The zero-order chi connectivity index (χ0) is 21.1. The molecule has 2 aromatic carbocycles. The van der Waals surface area contributed by atoms with Gasteiger partial charge in [0.05, 0.1) is 29.2 Å². The van der Waals surface area contributed by atoms with Crippen molar-refractivity contribution in [3.05, 3.63) is 64.7 Å². The second-order valence-corrected chi connectivity index (χ2v) is 8.16. The number of hydrogen-bond donors (Lipinski definition) is 2. The molecule has 1 aliphatic heterocycles. The Bertz CT molecular complexity index is 1050. The molecule has 0 saturated carbocycles. The Labute approximate surface area is 175 Å². The number of piperazine rings is 1. The lowest BCUT2D eigenvalue weighted by molar-refractivity contribution is -0.134. The van der Waals surface area contributed by atoms with E-state index in [0.717, 1.165) is 21.3 Å². The van der Waals surface area contributed by atoms with E-state index in [9.17, 15) is 18.4 Å². The van der Waals surface area contributed by atoms with Crippen molar-refractivity contribution in [3.63, 3.8) is 0 Å². The molecule has 2 N–H and O–H groups in total. The molecule has 2 heterocycles. The van der Waals surface area contributed by atoms with E-state index in [1.807, 2.05) is 24.3 Å². The van der Waals surface area contributed by atoms with Crippen LogP contribution in [0.25, 0.3) is 10.2 Å². The Hall–Kier alpha value is -2.91. The molecule has 30 heavy (non-hydrogen) atoms. The maximum atomic E-state index is 14.1. The van der Waals surface area contributed by atoms with Crippen LogP contribution in [0.2, 0.25) is 0 Å². The van der Waals surface area contributed by atoms with Crippen LogP contribution in [0.1, 0.15) is 17.0 Å². The van der Waals surface area contributed by atoms with Crippen molar-refractivity contribution >= 4 is 33.4 Å². The summed E-state index contributed by atoms with van der Waals surface area (Å²) in [5.41, 5.74) is 1.03. The van der Waals surface area contributed by atoms with Gasteiger partial charge >= 0.3 is 0 Å². The first-order valence-corrected chi connectivity index (χ1v) is 10.4. The molecular weight excluding hydrogens is 410 g/mol. The van der Waals surface area contributed by atoms with Gasteiger partial charge < -0.3 is 10.6 Å². The number of rotatable bonds is 6. The predicted octanol–water partition coefficient (Wildman–Crippen LogP) is 2.58. The van der Waals surface area contributed by atoms with Crippen molar-refractivity contribution in [2.45, 2.75) is 25.6 Å². The second-order valence-electron chi connectivity index (χ2n) is 7.05. The van der Waals surface area contributed by atoms with Crippen LogP contribution in [0, 0.1) is 11.6 Å². The van der Waals surface area contributed by atoms with Crippen LogP contribution in [0.3, 0.4) is 0 Å². The van der Waals surface area contributed by atoms with Gasteiger partial charge in [0.1, 0.15) is 5.01 Å². The summed E-state index contributed by atoms with van der Waals surface area (Å²) < 4.78 is 28.6. The average molecular weight is 430 g/mol. The van der Waals surface area contributed by atoms with E-state index in [2.05, 4.69) is 15.6 Å². The van der Waals surface area contributed by atoms with Crippen LogP contribution in [-0.4, -0.2) is 40.8 Å². The van der Waals surface area contributed by atoms with Gasteiger partial charge in [0.25, 0.3) is 0 Å². The minimum atomic E-state index is -0.931. The van der Waals surface area contributed by atoms with Crippen LogP contribution in [0.4, 0.5) is 8.78 Å². The van der Waals surface area contributed by atoms with Crippen molar-refractivity contribution in [1.82, 2.24) is 20.5 Å². The summed E-state index contributed by atoms with van der Waals surface area (Å²) in [7, 11) is 0. The molecule has 1 fully saturated rings. The van der Waals surface area contributed by atoms with E-state index < -0.39 is 17.7 Å². The van der Waals surface area contributed by atoms with Crippen LogP contribution in [-0.2, 0) is 22.7 Å². The number of carbonyl (C=O) groups excluding carboxylic acids is 2. The topological polar surface area (TPSA) is 74.3 Å². The number of aromatic nitrogens is 1. The van der Waals surface area contributed by atoms with Crippen molar-refractivity contribution in [3.8, 4) is 0 Å².